The number of nitrogen functional groups attached to an aromatic ring is 1. The molecule has 1 aromatic rings. The van der Waals surface area contributed by atoms with Crippen molar-refractivity contribution in [1.82, 2.24) is 4.98 Å². The SMILES string of the molecule is N#Cc1cnc(N)cc1N1CCC2(CCCO2)C1. The van der Waals surface area contributed by atoms with Gasteiger partial charge in [-0.1, -0.05) is 0 Å². The number of ether oxygens (including phenoxy) is 1. The third-order valence-electron chi connectivity index (χ3n) is 3.87. The molecule has 0 amide bonds. The topological polar surface area (TPSA) is 75.2 Å². The minimum atomic E-state index is 0.00472. The van der Waals surface area contributed by atoms with Gasteiger partial charge < -0.3 is 15.4 Å². The van der Waals surface area contributed by atoms with E-state index in [2.05, 4.69) is 16.0 Å². The van der Waals surface area contributed by atoms with Crippen LogP contribution in [0.4, 0.5) is 11.5 Å². The van der Waals surface area contributed by atoms with Gasteiger partial charge in [0.1, 0.15) is 11.9 Å². The summed E-state index contributed by atoms with van der Waals surface area (Å²) in [6.07, 6.45) is 4.83. The molecular formula is C13H16N4O. The highest BCUT2D eigenvalue weighted by Crippen LogP contribution is 2.37. The number of hydrogen-bond acceptors (Lipinski definition) is 5. The fraction of sp³-hybridized carbons (Fsp3) is 0.538. The number of nitrogens with zero attached hydrogens (tertiary/aromatic N) is 3. The molecule has 5 heteroatoms. The first-order chi connectivity index (χ1) is 8.72. The van der Waals surface area contributed by atoms with E-state index < -0.39 is 0 Å². The molecule has 0 radical (unpaired) electrons. The van der Waals surface area contributed by atoms with Crippen LogP contribution in [-0.2, 0) is 4.74 Å². The van der Waals surface area contributed by atoms with Gasteiger partial charge in [0.15, 0.2) is 0 Å². The molecule has 3 rings (SSSR count). The number of anilines is 2. The molecule has 2 N–H and O–H groups in total. The molecule has 1 aromatic heterocycles. The number of pyridine rings is 1. The van der Waals surface area contributed by atoms with Crippen molar-refractivity contribution in [3.63, 3.8) is 0 Å². The van der Waals surface area contributed by atoms with E-state index in [1.54, 1.807) is 12.3 Å². The maximum absolute atomic E-state index is 9.14. The molecule has 2 saturated heterocycles. The van der Waals surface area contributed by atoms with Gasteiger partial charge in [-0.3, -0.25) is 0 Å². The van der Waals surface area contributed by atoms with Crippen molar-refractivity contribution in [2.45, 2.75) is 24.9 Å². The van der Waals surface area contributed by atoms with Crippen LogP contribution >= 0.6 is 0 Å². The summed E-state index contributed by atoms with van der Waals surface area (Å²) in [6, 6.07) is 3.96. The van der Waals surface area contributed by atoms with Gasteiger partial charge in [-0.05, 0) is 19.3 Å². The lowest BCUT2D eigenvalue weighted by Crippen LogP contribution is -2.32. The zero-order chi connectivity index (χ0) is 12.6. The average Bonchev–Trinajstić information content (AvgIpc) is 3.00. The van der Waals surface area contributed by atoms with E-state index in [-0.39, 0.29) is 5.60 Å². The maximum Gasteiger partial charge on any atom is 0.125 e. The molecule has 1 spiro atoms. The first-order valence-electron chi connectivity index (χ1n) is 6.27. The molecule has 1 unspecified atom stereocenters. The highest BCUT2D eigenvalue weighted by molar-refractivity contribution is 5.63. The fourth-order valence-corrected chi connectivity index (χ4v) is 2.94. The van der Waals surface area contributed by atoms with Gasteiger partial charge in [0.25, 0.3) is 0 Å². The molecule has 3 heterocycles. The lowest BCUT2D eigenvalue weighted by atomic mass is 10.00. The Morgan fingerprint density at radius 3 is 3.11 bits per heavy atom. The van der Waals surface area contributed by atoms with Crippen LogP contribution in [0.5, 0.6) is 0 Å². The summed E-state index contributed by atoms with van der Waals surface area (Å²) < 4.78 is 5.89. The van der Waals surface area contributed by atoms with Crippen molar-refractivity contribution in [3.8, 4) is 6.07 Å². The van der Waals surface area contributed by atoms with Gasteiger partial charge in [-0.15, -0.1) is 0 Å². The smallest absolute Gasteiger partial charge is 0.125 e. The van der Waals surface area contributed by atoms with Crippen LogP contribution in [0.1, 0.15) is 24.8 Å². The van der Waals surface area contributed by atoms with E-state index in [0.717, 1.165) is 44.6 Å². The Labute approximate surface area is 106 Å². The van der Waals surface area contributed by atoms with E-state index in [9.17, 15) is 0 Å². The van der Waals surface area contributed by atoms with E-state index in [1.165, 1.54) is 0 Å². The van der Waals surface area contributed by atoms with Crippen LogP contribution in [0.3, 0.4) is 0 Å². The Morgan fingerprint density at radius 1 is 1.50 bits per heavy atom. The van der Waals surface area contributed by atoms with E-state index >= 15 is 0 Å². The van der Waals surface area contributed by atoms with E-state index in [0.29, 0.717) is 11.4 Å². The second kappa shape index (κ2) is 4.14. The Bertz CT molecular complexity index is 502. The number of aromatic nitrogens is 1. The van der Waals surface area contributed by atoms with Crippen LogP contribution in [0.15, 0.2) is 12.3 Å². The van der Waals surface area contributed by atoms with Crippen molar-refractivity contribution in [2.24, 2.45) is 0 Å². The van der Waals surface area contributed by atoms with E-state index in [4.69, 9.17) is 15.7 Å². The quantitative estimate of drug-likeness (QED) is 0.805. The zero-order valence-corrected chi connectivity index (χ0v) is 10.2. The molecule has 0 aromatic carbocycles. The normalized spacial score (nSPS) is 26.7. The van der Waals surface area contributed by atoms with Crippen molar-refractivity contribution in [1.29, 1.82) is 5.26 Å². The predicted molar refractivity (Wildman–Crippen MR) is 68.1 cm³/mol. The predicted octanol–water partition coefficient (Wildman–Crippen LogP) is 1.29. The summed E-state index contributed by atoms with van der Waals surface area (Å²) in [5.41, 5.74) is 7.19. The Kier molecular flexibility index (Phi) is 2.60. The highest BCUT2D eigenvalue weighted by atomic mass is 16.5. The van der Waals surface area contributed by atoms with Crippen molar-refractivity contribution >= 4 is 11.5 Å². The lowest BCUT2D eigenvalue weighted by Gasteiger charge is -2.24. The molecule has 2 aliphatic heterocycles. The zero-order valence-electron chi connectivity index (χ0n) is 10.2. The molecule has 2 fully saturated rings. The molecule has 1 atom stereocenters. The van der Waals surface area contributed by atoms with Crippen LogP contribution < -0.4 is 10.6 Å². The molecule has 0 aliphatic carbocycles. The number of nitrogens with two attached hydrogens (primary N) is 1. The Morgan fingerprint density at radius 2 is 2.39 bits per heavy atom. The van der Waals surface area contributed by atoms with Crippen molar-refractivity contribution in [2.75, 3.05) is 30.3 Å². The van der Waals surface area contributed by atoms with Crippen LogP contribution in [-0.4, -0.2) is 30.3 Å². The van der Waals surface area contributed by atoms with Gasteiger partial charge >= 0.3 is 0 Å². The van der Waals surface area contributed by atoms with Crippen LogP contribution in [0.2, 0.25) is 0 Å². The monoisotopic (exact) mass is 244 g/mol. The minimum Gasteiger partial charge on any atom is -0.384 e. The molecular weight excluding hydrogens is 228 g/mol. The second-order valence-corrected chi connectivity index (χ2v) is 5.04. The summed E-state index contributed by atoms with van der Waals surface area (Å²) in [6.45, 7) is 2.63. The number of hydrogen-bond donors (Lipinski definition) is 1. The first kappa shape index (κ1) is 11.3. The summed E-state index contributed by atoms with van der Waals surface area (Å²) in [5.74, 6) is 0.456. The van der Waals surface area contributed by atoms with Gasteiger partial charge in [0.2, 0.25) is 0 Å². The number of rotatable bonds is 1. The summed E-state index contributed by atoms with van der Waals surface area (Å²) in [4.78, 5) is 6.16. The average molecular weight is 244 g/mol. The van der Waals surface area contributed by atoms with Gasteiger partial charge in [0, 0.05) is 32.0 Å². The van der Waals surface area contributed by atoms with E-state index in [1.807, 2.05) is 0 Å². The number of nitriles is 1. The molecule has 2 aliphatic rings. The van der Waals surface area contributed by atoms with Crippen molar-refractivity contribution < 1.29 is 4.74 Å². The lowest BCUT2D eigenvalue weighted by molar-refractivity contribution is 0.0231. The Balaban J connectivity index is 1.88. The fourth-order valence-electron chi connectivity index (χ4n) is 2.94. The minimum absolute atomic E-state index is 0.00472. The second-order valence-electron chi connectivity index (χ2n) is 5.04. The third kappa shape index (κ3) is 1.79. The molecule has 18 heavy (non-hydrogen) atoms. The molecule has 0 bridgehead atoms. The maximum atomic E-state index is 9.14. The first-order valence-corrected chi connectivity index (χ1v) is 6.27. The highest BCUT2D eigenvalue weighted by Gasteiger charge is 2.42. The largest absolute Gasteiger partial charge is 0.384 e. The standard InChI is InChI=1S/C13H16N4O/c14-7-10-8-16-12(15)6-11(10)17-4-3-13(9-17)2-1-5-18-13/h6,8H,1-5,9H2,(H2,15,16). The van der Waals surface area contributed by atoms with Gasteiger partial charge in [-0.2, -0.15) is 5.26 Å². The van der Waals surface area contributed by atoms with Gasteiger partial charge in [0.05, 0.1) is 16.9 Å². The van der Waals surface area contributed by atoms with Crippen molar-refractivity contribution in [3.05, 3.63) is 17.8 Å². The van der Waals surface area contributed by atoms with Gasteiger partial charge in [-0.25, -0.2) is 4.98 Å². The Hall–Kier alpha value is -1.80. The van der Waals surface area contributed by atoms with Crippen LogP contribution in [0, 0.1) is 11.3 Å². The molecule has 0 saturated carbocycles. The molecule has 5 nitrogen and oxygen atoms in total. The summed E-state index contributed by atoms with van der Waals surface area (Å²) >= 11 is 0. The summed E-state index contributed by atoms with van der Waals surface area (Å²) in [7, 11) is 0. The summed E-state index contributed by atoms with van der Waals surface area (Å²) in [5, 5.41) is 9.14. The molecule has 94 valence electrons. The third-order valence-corrected chi connectivity index (χ3v) is 3.87. The van der Waals surface area contributed by atoms with Crippen LogP contribution in [0.25, 0.3) is 0 Å².